The lowest BCUT2D eigenvalue weighted by atomic mass is 10.2. The number of nitro groups is 1. The molecule has 4 aromatic rings. The lowest BCUT2D eigenvalue weighted by Gasteiger charge is -2.01. The highest BCUT2D eigenvalue weighted by molar-refractivity contribution is 7.99. The molecule has 0 spiro atoms. The molecule has 2 aromatic carbocycles. The van der Waals surface area contributed by atoms with E-state index in [0.717, 1.165) is 0 Å². The number of oxazole rings is 1. The number of nitro benzene ring substituents is 1. The third-order valence-electron chi connectivity index (χ3n) is 4.21. The number of aromatic amines is 1. The third kappa shape index (κ3) is 3.90. The van der Waals surface area contributed by atoms with Crippen molar-refractivity contribution >= 4 is 28.5 Å². The lowest BCUT2D eigenvalue weighted by Crippen LogP contribution is -2.14. The summed E-state index contributed by atoms with van der Waals surface area (Å²) in [5.41, 5.74) is 0.915. The van der Waals surface area contributed by atoms with Crippen molar-refractivity contribution in [3.05, 3.63) is 68.9 Å². The topological polar surface area (TPSA) is 120 Å². The molecule has 0 saturated heterocycles. The number of fused-ring (bicyclic) bond motifs is 1. The molecule has 1 N–H and O–H groups in total. The van der Waals surface area contributed by atoms with E-state index < -0.39 is 10.7 Å². The van der Waals surface area contributed by atoms with Gasteiger partial charge in [-0.1, -0.05) is 23.9 Å². The van der Waals surface area contributed by atoms with E-state index in [1.165, 1.54) is 40.6 Å². The summed E-state index contributed by atoms with van der Waals surface area (Å²) in [6.07, 6.45) is 0.575. The summed E-state index contributed by atoms with van der Waals surface area (Å²) in [5, 5.41) is 18.2. The quantitative estimate of drug-likeness (QED) is 0.212. The van der Waals surface area contributed by atoms with Gasteiger partial charge < -0.3 is 4.42 Å². The zero-order chi connectivity index (χ0) is 20.4. The van der Waals surface area contributed by atoms with E-state index in [-0.39, 0.29) is 11.5 Å². The van der Waals surface area contributed by atoms with Crippen LogP contribution in [-0.4, -0.2) is 30.4 Å². The molecule has 148 valence electrons. The first-order chi connectivity index (χ1) is 14.0. The van der Waals surface area contributed by atoms with Gasteiger partial charge in [-0.05, 0) is 24.6 Å². The largest absolute Gasteiger partial charge is 0.419 e. The maximum Gasteiger partial charge on any atom is 0.419 e. The number of nitrogens with one attached hydrogen (secondary N) is 1. The molecule has 11 heteroatoms. The van der Waals surface area contributed by atoms with Crippen molar-refractivity contribution in [1.82, 2.24) is 19.7 Å². The third-order valence-corrected chi connectivity index (χ3v) is 5.15. The van der Waals surface area contributed by atoms with Crippen molar-refractivity contribution in [2.45, 2.75) is 18.1 Å². The van der Waals surface area contributed by atoms with Crippen LogP contribution in [0.2, 0.25) is 0 Å². The zero-order valence-corrected chi connectivity index (χ0v) is 15.7. The Morgan fingerprint density at radius 1 is 1.28 bits per heavy atom. The number of aromatic nitrogens is 4. The summed E-state index contributed by atoms with van der Waals surface area (Å²) in [4.78, 5) is 26.7. The first-order valence-electron chi connectivity index (χ1n) is 8.61. The van der Waals surface area contributed by atoms with Crippen molar-refractivity contribution in [3.8, 4) is 11.4 Å². The van der Waals surface area contributed by atoms with Crippen LogP contribution in [0.1, 0.15) is 6.42 Å². The molecule has 0 aliphatic rings. The van der Waals surface area contributed by atoms with Crippen molar-refractivity contribution in [2.75, 3.05) is 5.75 Å². The fourth-order valence-corrected chi connectivity index (χ4v) is 3.57. The molecule has 4 rings (SSSR count). The van der Waals surface area contributed by atoms with Gasteiger partial charge in [-0.2, -0.15) is 0 Å². The summed E-state index contributed by atoms with van der Waals surface area (Å²) in [6.45, 7) is 0.324. The van der Waals surface area contributed by atoms with Crippen molar-refractivity contribution in [1.29, 1.82) is 0 Å². The van der Waals surface area contributed by atoms with Crippen LogP contribution in [0.3, 0.4) is 0 Å². The summed E-state index contributed by atoms with van der Waals surface area (Å²) < 4.78 is 20.3. The maximum atomic E-state index is 13.8. The summed E-state index contributed by atoms with van der Waals surface area (Å²) in [6, 6.07) is 10.3. The summed E-state index contributed by atoms with van der Waals surface area (Å²) >= 11 is 1.35. The molecule has 0 unspecified atom stereocenters. The van der Waals surface area contributed by atoms with Gasteiger partial charge in [-0.25, -0.2) is 14.2 Å². The van der Waals surface area contributed by atoms with E-state index in [2.05, 4.69) is 15.2 Å². The monoisotopic (exact) mass is 415 g/mol. The Morgan fingerprint density at radius 2 is 2.10 bits per heavy atom. The Morgan fingerprint density at radius 3 is 2.90 bits per heavy atom. The Hall–Kier alpha value is -3.47. The number of H-pyrrole nitrogens is 1. The first-order valence-corrected chi connectivity index (χ1v) is 9.59. The first kappa shape index (κ1) is 18.9. The van der Waals surface area contributed by atoms with E-state index in [0.29, 0.717) is 46.4 Å². The summed E-state index contributed by atoms with van der Waals surface area (Å²) in [7, 11) is 0. The van der Waals surface area contributed by atoms with Gasteiger partial charge in [-0.15, -0.1) is 5.10 Å². The van der Waals surface area contributed by atoms with Crippen LogP contribution in [0.15, 0.2) is 56.8 Å². The van der Waals surface area contributed by atoms with E-state index in [1.807, 2.05) is 0 Å². The van der Waals surface area contributed by atoms with Gasteiger partial charge in [0.25, 0.3) is 5.69 Å². The number of rotatable bonds is 7. The average Bonchev–Trinajstić information content (AvgIpc) is 3.29. The fraction of sp³-hybridized carbons (Fsp3) is 0.167. The predicted molar refractivity (Wildman–Crippen MR) is 104 cm³/mol. The summed E-state index contributed by atoms with van der Waals surface area (Å²) in [5.74, 6) is -0.0246. The number of hydrogen-bond acceptors (Lipinski definition) is 7. The number of thioether (sulfide) groups is 1. The molecule has 0 radical (unpaired) electrons. The highest BCUT2D eigenvalue weighted by Gasteiger charge is 2.14. The Balaban J connectivity index is 1.41. The minimum atomic E-state index is -0.565. The van der Waals surface area contributed by atoms with Gasteiger partial charge in [0.2, 0.25) is 5.16 Å². The highest BCUT2D eigenvalue weighted by Crippen LogP contribution is 2.23. The molecule has 0 fully saturated rings. The standard InChI is InChI=1S/C18H14FN5O4S/c19-13-5-2-1-4-12(13)16-20-17(22-21-16)29-9-3-8-23-14-10-11(24(26)27)6-7-15(14)28-18(23)25/h1-2,4-7,10H,3,8-9H2,(H,20,21,22). The SMILES string of the molecule is O=c1oc2ccc([N+](=O)[O-])cc2n1CCCSc1n[nH]c(-c2ccccc2F)n1. The van der Waals surface area contributed by atoms with E-state index in [9.17, 15) is 19.3 Å². The number of benzene rings is 2. The highest BCUT2D eigenvalue weighted by atomic mass is 32.2. The Labute approximate surface area is 166 Å². The second-order valence-electron chi connectivity index (χ2n) is 6.08. The molecule has 9 nitrogen and oxygen atoms in total. The Bertz CT molecular complexity index is 1250. The number of hydrogen-bond donors (Lipinski definition) is 1. The van der Waals surface area contributed by atoms with Crippen molar-refractivity contribution in [2.24, 2.45) is 0 Å². The van der Waals surface area contributed by atoms with E-state index >= 15 is 0 Å². The van der Waals surface area contributed by atoms with Crippen LogP contribution in [0, 0.1) is 15.9 Å². The molecule has 2 aromatic heterocycles. The van der Waals surface area contributed by atoms with Crippen LogP contribution >= 0.6 is 11.8 Å². The molecule has 0 aliphatic carbocycles. The van der Waals surface area contributed by atoms with Crippen LogP contribution in [0.4, 0.5) is 10.1 Å². The van der Waals surface area contributed by atoms with Crippen LogP contribution in [0.5, 0.6) is 0 Å². The van der Waals surface area contributed by atoms with Gasteiger partial charge >= 0.3 is 5.76 Å². The van der Waals surface area contributed by atoms with Crippen LogP contribution in [-0.2, 0) is 6.54 Å². The number of non-ortho nitro benzene ring substituents is 1. The van der Waals surface area contributed by atoms with E-state index in [4.69, 9.17) is 4.42 Å². The second kappa shape index (κ2) is 7.87. The number of aryl methyl sites for hydroxylation is 1. The second-order valence-corrected chi connectivity index (χ2v) is 7.14. The molecule has 2 heterocycles. The van der Waals surface area contributed by atoms with Gasteiger partial charge in [0.15, 0.2) is 11.4 Å². The zero-order valence-electron chi connectivity index (χ0n) is 14.9. The van der Waals surface area contributed by atoms with Gasteiger partial charge in [0.05, 0.1) is 16.0 Å². The molecular formula is C18H14FN5O4S. The molecule has 0 atom stereocenters. The fourth-order valence-electron chi connectivity index (χ4n) is 2.85. The van der Waals surface area contributed by atoms with Gasteiger partial charge in [0.1, 0.15) is 5.82 Å². The maximum absolute atomic E-state index is 13.8. The molecule has 29 heavy (non-hydrogen) atoms. The molecule has 0 saturated carbocycles. The number of nitrogens with zero attached hydrogens (tertiary/aromatic N) is 4. The van der Waals surface area contributed by atoms with Crippen molar-refractivity contribution in [3.63, 3.8) is 0 Å². The molecule has 0 bridgehead atoms. The normalized spacial score (nSPS) is 11.2. The lowest BCUT2D eigenvalue weighted by molar-refractivity contribution is -0.384. The average molecular weight is 415 g/mol. The number of halogens is 1. The molecular weight excluding hydrogens is 401 g/mol. The predicted octanol–water partition coefficient (Wildman–Crippen LogP) is 3.61. The van der Waals surface area contributed by atoms with Crippen LogP contribution in [0.25, 0.3) is 22.5 Å². The minimum absolute atomic E-state index is 0.108. The molecule has 0 aliphatic heterocycles. The van der Waals surface area contributed by atoms with Crippen molar-refractivity contribution < 1.29 is 13.7 Å². The Kier molecular flexibility index (Phi) is 5.12. The molecule has 0 amide bonds. The minimum Gasteiger partial charge on any atom is -0.408 e. The van der Waals surface area contributed by atoms with Gasteiger partial charge in [0, 0.05) is 24.4 Å². The van der Waals surface area contributed by atoms with E-state index in [1.54, 1.807) is 18.2 Å². The van der Waals surface area contributed by atoms with Crippen LogP contribution < -0.4 is 5.76 Å². The van der Waals surface area contributed by atoms with Gasteiger partial charge in [-0.3, -0.25) is 19.8 Å². The smallest absolute Gasteiger partial charge is 0.408 e.